The van der Waals surface area contributed by atoms with Crippen molar-refractivity contribution in [2.75, 3.05) is 10.6 Å². The molecule has 0 unspecified atom stereocenters. The van der Waals surface area contributed by atoms with Crippen molar-refractivity contribution in [1.29, 1.82) is 0 Å². The molecule has 0 spiro atoms. The summed E-state index contributed by atoms with van der Waals surface area (Å²) in [5.74, 6) is 0.239. The van der Waals surface area contributed by atoms with Crippen molar-refractivity contribution < 1.29 is 14.3 Å². The van der Waals surface area contributed by atoms with Crippen molar-refractivity contribution in [2.24, 2.45) is 0 Å². The van der Waals surface area contributed by atoms with Gasteiger partial charge in [-0.2, -0.15) is 0 Å². The van der Waals surface area contributed by atoms with Crippen LogP contribution in [-0.2, 0) is 6.61 Å². The summed E-state index contributed by atoms with van der Waals surface area (Å²) in [7, 11) is 0. The fourth-order valence-corrected chi connectivity index (χ4v) is 3.53. The molecular weight excluding hydrogens is 408 g/mol. The number of ether oxygens (including phenoxy) is 1. The summed E-state index contributed by atoms with van der Waals surface area (Å²) in [6.07, 6.45) is 0. The zero-order valence-electron chi connectivity index (χ0n) is 16.6. The number of hydrogen-bond donors (Lipinski definition) is 2. The molecule has 0 saturated carbocycles. The van der Waals surface area contributed by atoms with Crippen molar-refractivity contribution in [3.05, 3.63) is 112 Å². The third-order valence-corrected chi connectivity index (χ3v) is 5.36. The predicted molar refractivity (Wildman–Crippen MR) is 124 cm³/mol. The fraction of sp³-hybridized carbons (Fsp3) is 0.0400. The van der Waals surface area contributed by atoms with E-state index in [1.807, 2.05) is 47.8 Å². The smallest absolute Gasteiger partial charge is 0.265 e. The van der Waals surface area contributed by atoms with Gasteiger partial charge in [-0.25, -0.2) is 0 Å². The fourth-order valence-electron chi connectivity index (χ4n) is 2.91. The monoisotopic (exact) mass is 428 g/mol. The van der Waals surface area contributed by atoms with E-state index >= 15 is 0 Å². The number of carbonyl (C=O) groups excluding carboxylic acids is 2. The topological polar surface area (TPSA) is 67.4 Å². The van der Waals surface area contributed by atoms with Gasteiger partial charge in [0.1, 0.15) is 12.4 Å². The first-order valence-electron chi connectivity index (χ1n) is 9.70. The van der Waals surface area contributed by atoms with Gasteiger partial charge in [-0.1, -0.05) is 42.5 Å². The van der Waals surface area contributed by atoms with Crippen LogP contribution in [0.25, 0.3) is 0 Å². The maximum Gasteiger partial charge on any atom is 0.265 e. The van der Waals surface area contributed by atoms with E-state index in [4.69, 9.17) is 4.74 Å². The van der Waals surface area contributed by atoms with Crippen LogP contribution in [-0.4, -0.2) is 11.8 Å². The number of carbonyl (C=O) groups is 2. The molecule has 0 bridgehead atoms. The van der Waals surface area contributed by atoms with E-state index < -0.39 is 0 Å². The third-order valence-electron chi connectivity index (χ3n) is 4.49. The lowest BCUT2D eigenvalue weighted by Crippen LogP contribution is -2.12. The predicted octanol–water partition coefficient (Wildman–Crippen LogP) is 5.83. The SMILES string of the molecule is O=C(Nc1ccc(NC(=O)c2cccs2)cc1)c1cccc(OCc2ccccc2)c1. The molecule has 31 heavy (non-hydrogen) atoms. The molecule has 1 aromatic heterocycles. The van der Waals surface area contributed by atoms with Gasteiger partial charge in [-0.05, 0) is 59.5 Å². The van der Waals surface area contributed by atoms with Crippen molar-refractivity contribution in [2.45, 2.75) is 6.61 Å². The largest absolute Gasteiger partial charge is 0.489 e. The minimum Gasteiger partial charge on any atom is -0.489 e. The maximum absolute atomic E-state index is 12.6. The van der Waals surface area contributed by atoms with E-state index in [9.17, 15) is 9.59 Å². The van der Waals surface area contributed by atoms with E-state index in [2.05, 4.69) is 10.6 Å². The standard InChI is InChI=1S/C25H20N2O3S/c28-24(19-8-4-9-22(16-19)30-17-18-6-2-1-3-7-18)26-20-11-13-21(14-12-20)27-25(29)23-10-5-15-31-23/h1-16H,17H2,(H,26,28)(H,27,29). The van der Waals surface area contributed by atoms with Crippen molar-refractivity contribution in [3.8, 4) is 5.75 Å². The van der Waals surface area contributed by atoms with Crippen molar-refractivity contribution >= 4 is 34.5 Å². The average molecular weight is 429 g/mol. The molecule has 5 nitrogen and oxygen atoms in total. The first-order valence-corrected chi connectivity index (χ1v) is 10.6. The molecule has 2 N–H and O–H groups in total. The Morgan fingerprint density at radius 1 is 0.742 bits per heavy atom. The Kier molecular flexibility index (Phi) is 6.40. The van der Waals surface area contributed by atoms with E-state index in [1.165, 1.54) is 11.3 Å². The number of thiophene rings is 1. The van der Waals surface area contributed by atoms with Crippen LogP contribution in [0.1, 0.15) is 25.6 Å². The summed E-state index contributed by atoms with van der Waals surface area (Å²) in [4.78, 5) is 25.4. The van der Waals surface area contributed by atoms with Crippen LogP contribution >= 0.6 is 11.3 Å². The molecule has 4 rings (SSSR count). The molecule has 0 aliphatic carbocycles. The van der Waals surface area contributed by atoms with E-state index in [0.29, 0.717) is 34.2 Å². The highest BCUT2D eigenvalue weighted by Crippen LogP contribution is 2.19. The quantitative estimate of drug-likeness (QED) is 0.389. The van der Waals surface area contributed by atoms with Crippen LogP contribution in [0.4, 0.5) is 11.4 Å². The summed E-state index contributed by atoms with van der Waals surface area (Å²) >= 11 is 1.38. The lowest BCUT2D eigenvalue weighted by atomic mass is 10.2. The summed E-state index contributed by atoms with van der Waals surface area (Å²) in [6, 6.07) is 27.5. The van der Waals surface area contributed by atoms with E-state index in [1.54, 1.807) is 48.5 Å². The Morgan fingerprint density at radius 3 is 2.13 bits per heavy atom. The summed E-state index contributed by atoms with van der Waals surface area (Å²) in [6.45, 7) is 0.435. The van der Waals surface area contributed by atoms with Crippen LogP contribution in [0.5, 0.6) is 5.75 Å². The minimum absolute atomic E-state index is 0.154. The molecule has 0 saturated heterocycles. The Bertz CT molecular complexity index is 1160. The number of hydrogen-bond acceptors (Lipinski definition) is 4. The lowest BCUT2D eigenvalue weighted by Gasteiger charge is -2.10. The van der Waals surface area contributed by atoms with Crippen LogP contribution in [0.15, 0.2) is 96.4 Å². The highest BCUT2D eigenvalue weighted by atomic mass is 32.1. The van der Waals surface area contributed by atoms with Gasteiger partial charge in [0.2, 0.25) is 0 Å². The number of amides is 2. The van der Waals surface area contributed by atoms with Gasteiger partial charge in [0.05, 0.1) is 4.88 Å². The normalized spacial score (nSPS) is 10.3. The summed E-state index contributed by atoms with van der Waals surface area (Å²) in [5.41, 5.74) is 2.85. The second-order valence-corrected chi connectivity index (χ2v) is 7.71. The molecule has 0 radical (unpaired) electrons. The van der Waals surface area contributed by atoms with Crippen LogP contribution in [0.3, 0.4) is 0 Å². The molecule has 6 heteroatoms. The molecule has 154 valence electrons. The Balaban J connectivity index is 1.35. The molecule has 1 heterocycles. The number of benzene rings is 3. The van der Waals surface area contributed by atoms with Gasteiger partial charge in [0.25, 0.3) is 11.8 Å². The second-order valence-electron chi connectivity index (χ2n) is 6.77. The zero-order chi connectivity index (χ0) is 21.5. The van der Waals surface area contributed by atoms with Gasteiger partial charge >= 0.3 is 0 Å². The van der Waals surface area contributed by atoms with Crippen LogP contribution < -0.4 is 15.4 Å². The molecule has 0 atom stereocenters. The lowest BCUT2D eigenvalue weighted by molar-refractivity contribution is 0.102. The van der Waals surface area contributed by atoms with Gasteiger partial charge in [0, 0.05) is 16.9 Å². The van der Waals surface area contributed by atoms with Crippen LogP contribution in [0.2, 0.25) is 0 Å². The van der Waals surface area contributed by atoms with Crippen LogP contribution in [0, 0.1) is 0 Å². The second kappa shape index (κ2) is 9.73. The Morgan fingerprint density at radius 2 is 1.45 bits per heavy atom. The first kappa shape index (κ1) is 20.4. The Hall–Kier alpha value is -3.90. The van der Waals surface area contributed by atoms with Gasteiger partial charge in [-0.15, -0.1) is 11.3 Å². The van der Waals surface area contributed by atoms with Gasteiger partial charge in [-0.3, -0.25) is 9.59 Å². The average Bonchev–Trinajstić information content (AvgIpc) is 3.35. The summed E-state index contributed by atoms with van der Waals surface area (Å²) in [5, 5.41) is 7.55. The van der Waals surface area contributed by atoms with Gasteiger partial charge < -0.3 is 15.4 Å². The number of rotatable bonds is 7. The Labute approximate surface area is 184 Å². The molecule has 4 aromatic rings. The first-order chi connectivity index (χ1) is 15.2. The summed E-state index contributed by atoms with van der Waals surface area (Å²) < 4.78 is 5.80. The van der Waals surface area contributed by atoms with Crippen molar-refractivity contribution in [1.82, 2.24) is 0 Å². The van der Waals surface area contributed by atoms with Gasteiger partial charge in [0.15, 0.2) is 0 Å². The number of nitrogens with one attached hydrogen (secondary N) is 2. The molecule has 0 aliphatic rings. The van der Waals surface area contributed by atoms with Crippen molar-refractivity contribution in [3.63, 3.8) is 0 Å². The van der Waals surface area contributed by atoms with E-state index in [-0.39, 0.29) is 11.8 Å². The highest BCUT2D eigenvalue weighted by molar-refractivity contribution is 7.12. The molecule has 0 aliphatic heterocycles. The van der Waals surface area contributed by atoms with E-state index in [0.717, 1.165) is 5.56 Å². The molecular formula is C25H20N2O3S. The molecule has 3 aromatic carbocycles. The third kappa shape index (κ3) is 5.58. The molecule has 2 amide bonds. The maximum atomic E-state index is 12.6. The highest BCUT2D eigenvalue weighted by Gasteiger charge is 2.09. The number of anilines is 2. The zero-order valence-corrected chi connectivity index (χ0v) is 17.4. The minimum atomic E-state index is -0.236. The molecule has 0 fully saturated rings.